The first-order valence-corrected chi connectivity index (χ1v) is 6.66. The molecule has 100 valence electrons. The Morgan fingerprint density at radius 1 is 1.26 bits per heavy atom. The van der Waals surface area contributed by atoms with Gasteiger partial charge in [0.15, 0.2) is 0 Å². The smallest absolute Gasteiger partial charge is 0.137 e. The van der Waals surface area contributed by atoms with Gasteiger partial charge in [-0.15, -0.1) is 0 Å². The van der Waals surface area contributed by atoms with Crippen LogP contribution in [0.15, 0.2) is 40.9 Å². The Bertz CT molecular complexity index is 604. The summed E-state index contributed by atoms with van der Waals surface area (Å²) in [5, 5.41) is 10.8. The highest BCUT2D eigenvalue weighted by Crippen LogP contribution is 2.33. The quantitative estimate of drug-likeness (QED) is 0.897. The fourth-order valence-electron chi connectivity index (χ4n) is 1.75. The number of benzene rings is 2. The summed E-state index contributed by atoms with van der Waals surface area (Å²) in [4.78, 5) is 0. The summed E-state index contributed by atoms with van der Waals surface area (Å²) in [6.07, 6.45) is -0.962. The summed E-state index contributed by atoms with van der Waals surface area (Å²) in [7, 11) is 1.50. The molecular formula is C14H11BrClFO2. The maximum Gasteiger partial charge on any atom is 0.137 e. The van der Waals surface area contributed by atoms with Crippen LogP contribution in [0, 0.1) is 5.82 Å². The summed E-state index contributed by atoms with van der Waals surface area (Å²) >= 11 is 9.22. The Balaban J connectivity index is 2.43. The molecule has 0 aromatic heterocycles. The lowest BCUT2D eigenvalue weighted by Crippen LogP contribution is -2.02. The van der Waals surface area contributed by atoms with E-state index in [-0.39, 0.29) is 0 Å². The van der Waals surface area contributed by atoms with Gasteiger partial charge in [-0.1, -0.05) is 33.6 Å². The monoisotopic (exact) mass is 344 g/mol. The molecule has 1 unspecified atom stereocenters. The largest absolute Gasteiger partial charge is 0.495 e. The van der Waals surface area contributed by atoms with Crippen LogP contribution in [0.25, 0.3) is 0 Å². The number of aliphatic hydroxyl groups excluding tert-OH is 1. The zero-order chi connectivity index (χ0) is 14.0. The molecule has 0 aliphatic heterocycles. The van der Waals surface area contributed by atoms with Gasteiger partial charge in [0, 0.05) is 10.0 Å². The van der Waals surface area contributed by atoms with Crippen LogP contribution in [-0.4, -0.2) is 12.2 Å². The molecule has 0 spiro atoms. The Morgan fingerprint density at radius 2 is 2.00 bits per heavy atom. The van der Waals surface area contributed by atoms with Crippen molar-refractivity contribution in [1.29, 1.82) is 0 Å². The zero-order valence-electron chi connectivity index (χ0n) is 10.0. The molecule has 2 nitrogen and oxygen atoms in total. The van der Waals surface area contributed by atoms with Gasteiger partial charge in [0.1, 0.15) is 17.7 Å². The molecule has 0 saturated carbocycles. The van der Waals surface area contributed by atoms with E-state index in [1.807, 2.05) is 0 Å². The molecule has 2 aromatic rings. The SMILES string of the molecule is COc1cc(C(O)c2cc(F)ccc2Br)ccc1Cl. The molecule has 0 aliphatic rings. The van der Waals surface area contributed by atoms with Crippen LogP contribution in [0.3, 0.4) is 0 Å². The molecular weight excluding hydrogens is 335 g/mol. The van der Waals surface area contributed by atoms with Gasteiger partial charge in [0.05, 0.1) is 12.1 Å². The van der Waals surface area contributed by atoms with Gasteiger partial charge in [-0.2, -0.15) is 0 Å². The summed E-state index contributed by atoms with van der Waals surface area (Å²) in [5.74, 6) is 0.0592. The first-order valence-electron chi connectivity index (χ1n) is 5.49. The van der Waals surface area contributed by atoms with E-state index >= 15 is 0 Å². The molecule has 0 heterocycles. The summed E-state index contributed by atoms with van der Waals surface area (Å²) < 4.78 is 19.0. The van der Waals surface area contributed by atoms with E-state index in [2.05, 4.69) is 15.9 Å². The normalized spacial score (nSPS) is 12.3. The van der Waals surface area contributed by atoms with Crippen LogP contribution in [0.4, 0.5) is 4.39 Å². The van der Waals surface area contributed by atoms with Crippen LogP contribution in [0.5, 0.6) is 5.75 Å². The minimum atomic E-state index is -0.962. The molecule has 2 aromatic carbocycles. The van der Waals surface area contributed by atoms with Crippen LogP contribution in [0.2, 0.25) is 5.02 Å². The summed E-state index contributed by atoms with van der Waals surface area (Å²) in [6.45, 7) is 0. The van der Waals surface area contributed by atoms with E-state index < -0.39 is 11.9 Å². The number of aliphatic hydroxyl groups is 1. The standard InChI is InChI=1S/C14H11BrClFO2/c1-19-13-6-8(2-5-12(13)16)14(18)10-7-9(17)3-4-11(10)15/h2-7,14,18H,1H3. The first kappa shape index (κ1) is 14.3. The van der Waals surface area contributed by atoms with Crippen molar-refractivity contribution in [3.8, 4) is 5.75 Å². The third kappa shape index (κ3) is 3.08. The minimum Gasteiger partial charge on any atom is -0.495 e. The predicted molar refractivity (Wildman–Crippen MR) is 76.2 cm³/mol. The molecule has 0 aliphatic carbocycles. The second kappa shape index (κ2) is 5.90. The van der Waals surface area contributed by atoms with Gasteiger partial charge in [0.25, 0.3) is 0 Å². The van der Waals surface area contributed by atoms with Crippen molar-refractivity contribution in [1.82, 2.24) is 0 Å². The van der Waals surface area contributed by atoms with E-state index in [1.54, 1.807) is 24.3 Å². The van der Waals surface area contributed by atoms with Crippen molar-refractivity contribution in [3.05, 3.63) is 62.8 Å². The van der Waals surface area contributed by atoms with E-state index in [9.17, 15) is 9.50 Å². The van der Waals surface area contributed by atoms with Crippen molar-refractivity contribution in [2.24, 2.45) is 0 Å². The second-order valence-corrected chi connectivity index (χ2v) is 5.22. The number of hydrogen-bond acceptors (Lipinski definition) is 2. The van der Waals surface area contributed by atoms with Crippen molar-refractivity contribution >= 4 is 27.5 Å². The maximum atomic E-state index is 13.3. The minimum absolute atomic E-state index is 0.404. The van der Waals surface area contributed by atoms with E-state index in [0.29, 0.717) is 26.4 Å². The number of ether oxygens (including phenoxy) is 1. The lowest BCUT2D eigenvalue weighted by molar-refractivity contribution is 0.218. The van der Waals surface area contributed by atoms with Crippen molar-refractivity contribution < 1.29 is 14.2 Å². The van der Waals surface area contributed by atoms with Gasteiger partial charge in [0.2, 0.25) is 0 Å². The topological polar surface area (TPSA) is 29.5 Å². The van der Waals surface area contributed by atoms with E-state index in [4.69, 9.17) is 16.3 Å². The molecule has 0 fully saturated rings. The Kier molecular flexibility index (Phi) is 4.45. The van der Waals surface area contributed by atoms with Gasteiger partial charge in [-0.05, 0) is 35.9 Å². The fraction of sp³-hybridized carbons (Fsp3) is 0.143. The van der Waals surface area contributed by atoms with Gasteiger partial charge < -0.3 is 9.84 Å². The predicted octanol–water partition coefficient (Wildman–Crippen LogP) is 4.33. The van der Waals surface area contributed by atoms with Crippen molar-refractivity contribution in [3.63, 3.8) is 0 Å². The third-order valence-corrected chi connectivity index (χ3v) is 3.78. The van der Waals surface area contributed by atoms with Crippen LogP contribution in [-0.2, 0) is 0 Å². The van der Waals surface area contributed by atoms with Crippen LogP contribution < -0.4 is 4.74 Å². The first-order chi connectivity index (χ1) is 9.02. The number of halogens is 3. The van der Waals surface area contributed by atoms with Crippen LogP contribution in [0.1, 0.15) is 17.2 Å². The molecule has 0 bridgehead atoms. The lowest BCUT2D eigenvalue weighted by Gasteiger charge is -2.15. The van der Waals surface area contributed by atoms with Gasteiger partial charge >= 0.3 is 0 Å². The Labute approximate surface area is 123 Å². The highest BCUT2D eigenvalue weighted by atomic mass is 79.9. The summed E-state index contributed by atoms with van der Waals surface area (Å²) in [6, 6.07) is 9.10. The van der Waals surface area contributed by atoms with Crippen LogP contribution >= 0.6 is 27.5 Å². The van der Waals surface area contributed by atoms with Crippen molar-refractivity contribution in [2.45, 2.75) is 6.10 Å². The summed E-state index contributed by atoms with van der Waals surface area (Å²) in [5.41, 5.74) is 1.02. The average Bonchev–Trinajstić information content (AvgIpc) is 2.41. The molecule has 1 atom stereocenters. The number of hydrogen-bond donors (Lipinski definition) is 1. The van der Waals surface area contributed by atoms with E-state index in [0.717, 1.165) is 0 Å². The van der Waals surface area contributed by atoms with Crippen molar-refractivity contribution in [2.75, 3.05) is 7.11 Å². The molecule has 0 radical (unpaired) electrons. The zero-order valence-corrected chi connectivity index (χ0v) is 12.4. The highest BCUT2D eigenvalue weighted by Gasteiger charge is 2.16. The molecule has 0 amide bonds. The highest BCUT2D eigenvalue weighted by molar-refractivity contribution is 9.10. The fourth-order valence-corrected chi connectivity index (χ4v) is 2.41. The Hall–Kier alpha value is -1.10. The third-order valence-electron chi connectivity index (χ3n) is 2.74. The lowest BCUT2D eigenvalue weighted by atomic mass is 10.0. The van der Waals surface area contributed by atoms with Gasteiger partial charge in [-0.3, -0.25) is 0 Å². The Morgan fingerprint density at radius 3 is 2.68 bits per heavy atom. The molecule has 1 N–H and O–H groups in total. The van der Waals surface area contributed by atoms with E-state index in [1.165, 1.54) is 19.2 Å². The van der Waals surface area contributed by atoms with Gasteiger partial charge in [-0.25, -0.2) is 4.39 Å². The number of methoxy groups -OCH3 is 1. The molecule has 0 saturated heterocycles. The maximum absolute atomic E-state index is 13.3. The molecule has 19 heavy (non-hydrogen) atoms. The molecule has 5 heteroatoms. The number of rotatable bonds is 3. The average molecular weight is 346 g/mol. The molecule has 2 rings (SSSR count). The second-order valence-electron chi connectivity index (χ2n) is 3.96.